The van der Waals surface area contributed by atoms with Crippen molar-refractivity contribution in [3.8, 4) is 11.6 Å². The SMILES string of the molecule is [2H]C([2H])([2H])Oc1cnc(O[C@@H]2C[C@H]3C(=O)N[C@]4(C(=O)NS(=O)(=O)C5(C)CC5)C[C@H]4/C=C\CC[C@H](C)C[C@@H](C)[C@H](NC(=O)OC(C)(C)C(C)(F)F)C(=O)N3C2)c2ccccc12. The Morgan fingerprint density at radius 2 is 1.81 bits per heavy atom. The number of pyridine rings is 1. The second-order valence-corrected chi connectivity index (χ2v) is 19.1. The summed E-state index contributed by atoms with van der Waals surface area (Å²) >= 11 is 0. The number of benzene rings is 1. The van der Waals surface area contributed by atoms with Crippen molar-refractivity contribution in [2.75, 3.05) is 13.6 Å². The van der Waals surface area contributed by atoms with Crippen LogP contribution in [0.2, 0.25) is 0 Å². The van der Waals surface area contributed by atoms with Crippen LogP contribution in [0.25, 0.3) is 10.8 Å². The number of alkyl halides is 2. The fourth-order valence-corrected chi connectivity index (χ4v) is 8.86. The Hall–Kier alpha value is -4.54. The average molecular weight is 821 g/mol. The smallest absolute Gasteiger partial charge is 0.408 e. The summed E-state index contributed by atoms with van der Waals surface area (Å²) in [6.07, 6.45) is 4.88. The number of nitrogens with one attached hydrogen (secondary N) is 3. The van der Waals surface area contributed by atoms with Gasteiger partial charge in [-0.1, -0.05) is 44.2 Å². The second kappa shape index (κ2) is 15.3. The maximum absolute atomic E-state index is 14.8. The summed E-state index contributed by atoms with van der Waals surface area (Å²) in [5, 5.41) is 6.04. The lowest BCUT2D eigenvalue weighted by Gasteiger charge is -2.35. The number of aromatic nitrogens is 1. The van der Waals surface area contributed by atoms with Gasteiger partial charge in [-0.15, -0.1) is 0 Å². The third-order valence-electron chi connectivity index (χ3n) is 12.0. The third kappa shape index (κ3) is 8.53. The number of hydrogen-bond donors (Lipinski definition) is 3. The van der Waals surface area contributed by atoms with Gasteiger partial charge < -0.3 is 29.7 Å². The van der Waals surface area contributed by atoms with Gasteiger partial charge in [0.2, 0.25) is 27.7 Å². The first-order valence-electron chi connectivity index (χ1n) is 20.7. The maximum atomic E-state index is 14.8. The van der Waals surface area contributed by atoms with Crippen molar-refractivity contribution in [1.29, 1.82) is 0 Å². The van der Waals surface area contributed by atoms with Crippen molar-refractivity contribution < 1.29 is 54.7 Å². The molecule has 14 nitrogen and oxygen atoms in total. The van der Waals surface area contributed by atoms with E-state index in [2.05, 4.69) is 20.3 Å². The molecule has 4 amide bonds. The molecule has 0 spiro atoms. The normalized spacial score (nSPS) is 30.7. The van der Waals surface area contributed by atoms with Crippen LogP contribution < -0.4 is 24.8 Å². The molecule has 0 unspecified atom stereocenters. The monoisotopic (exact) mass is 820 g/mol. The maximum Gasteiger partial charge on any atom is 0.408 e. The predicted octanol–water partition coefficient (Wildman–Crippen LogP) is 5.01. The van der Waals surface area contributed by atoms with Crippen LogP contribution in [0, 0.1) is 17.8 Å². The number of nitrogens with zero attached hydrogens (tertiary/aromatic N) is 2. The van der Waals surface area contributed by atoms with E-state index >= 15 is 0 Å². The van der Waals surface area contributed by atoms with E-state index in [0.29, 0.717) is 49.8 Å². The highest BCUT2D eigenvalue weighted by atomic mass is 32.2. The number of fused-ring (bicyclic) bond motifs is 3. The van der Waals surface area contributed by atoms with Gasteiger partial charge in [0.25, 0.3) is 11.8 Å². The van der Waals surface area contributed by atoms with Gasteiger partial charge in [-0.2, -0.15) is 0 Å². The molecule has 6 rings (SSSR count). The Balaban J connectivity index is 1.36. The Labute approximate surface area is 336 Å². The van der Waals surface area contributed by atoms with Crippen LogP contribution in [0.4, 0.5) is 13.6 Å². The van der Waals surface area contributed by atoms with Crippen molar-refractivity contribution in [1.82, 2.24) is 25.2 Å². The molecule has 4 aliphatic rings. The molecule has 1 aromatic heterocycles. The minimum Gasteiger partial charge on any atom is -0.494 e. The van der Waals surface area contributed by atoms with E-state index in [0.717, 1.165) is 13.8 Å². The van der Waals surface area contributed by atoms with Gasteiger partial charge in [0.15, 0.2) is 5.60 Å². The number of hydrogen-bond acceptors (Lipinski definition) is 10. The van der Waals surface area contributed by atoms with Gasteiger partial charge in [-0.3, -0.25) is 19.1 Å². The molecule has 3 heterocycles. The number of halogens is 2. The number of sulfonamides is 1. The van der Waals surface area contributed by atoms with E-state index < -0.39 is 92.7 Å². The van der Waals surface area contributed by atoms with Crippen molar-refractivity contribution in [3.05, 3.63) is 42.6 Å². The fourth-order valence-electron chi connectivity index (χ4n) is 7.55. The first-order valence-corrected chi connectivity index (χ1v) is 20.7. The summed E-state index contributed by atoms with van der Waals surface area (Å²) in [5.41, 5.74) is -3.91. The van der Waals surface area contributed by atoms with Crippen LogP contribution in [0.15, 0.2) is 42.6 Å². The van der Waals surface area contributed by atoms with Gasteiger partial charge in [-0.05, 0) is 77.2 Å². The molecular weight excluding hydrogens is 765 g/mol. The molecule has 2 aromatic rings. The summed E-state index contributed by atoms with van der Waals surface area (Å²) in [6.45, 7) is 7.65. The Morgan fingerprint density at radius 3 is 2.47 bits per heavy atom. The molecule has 2 saturated carbocycles. The molecule has 3 N–H and O–H groups in total. The summed E-state index contributed by atoms with van der Waals surface area (Å²) in [5.74, 6) is -7.06. The fraction of sp³-hybridized carbons (Fsp3) is 0.625. The Kier molecular flexibility index (Phi) is 10.2. The minimum atomic E-state index is -4.09. The van der Waals surface area contributed by atoms with Crippen LogP contribution in [-0.4, -0.2) is 95.7 Å². The molecule has 17 heteroatoms. The number of allylic oxidation sites excluding steroid dienone is 1. The molecule has 7 atom stereocenters. The van der Waals surface area contributed by atoms with E-state index in [-0.39, 0.29) is 36.9 Å². The van der Waals surface area contributed by atoms with Crippen LogP contribution >= 0.6 is 0 Å². The molecule has 57 heavy (non-hydrogen) atoms. The molecule has 1 aromatic carbocycles. The second-order valence-electron chi connectivity index (χ2n) is 16.9. The molecule has 0 radical (unpaired) electrons. The number of rotatable bonds is 9. The number of methoxy groups -OCH3 is 1. The number of carbonyl (C=O) groups excluding carboxylic acids is 4. The highest BCUT2D eigenvalue weighted by Crippen LogP contribution is 2.48. The zero-order valence-corrected chi connectivity index (χ0v) is 33.7. The predicted molar refractivity (Wildman–Crippen MR) is 206 cm³/mol. The minimum absolute atomic E-state index is 0.0159. The lowest BCUT2D eigenvalue weighted by molar-refractivity contribution is -0.152. The van der Waals surface area contributed by atoms with E-state index in [1.165, 1.54) is 18.0 Å². The first kappa shape index (κ1) is 38.0. The zero-order valence-electron chi connectivity index (χ0n) is 35.9. The summed E-state index contributed by atoms with van der Waals surface area (Å²) in [7, 11) is -6.87. The van der Waals surface area contributed by atoms with E-state index in [9.17, 15) is 36.4 Å². The first-order chi connectivity index (χ1) is 27.8. The van der Waals surface area contributed by atoms with Gasteiger partial charge in [0.1, 0.15) is 29.5 Å². The average Bonchev–Trinajstić information content (AvgIpc) is 4.01. The highest BCUT2D eigenvalue weighted by molar-refractivity contribution is 7.91. The summed E-state index contributed by atoms with van der Waals surface area (Å²) in [6, 6.07) is 3.87. The highest BCUT2D eigenvalue weighted by Gasteiger charge is 2.63. The topological polar surface area (TPSA) is 182 Å². The van der Waals surface area contributed by atoms with E-state index in [1.54, 1.807) is 37.3 Å². The lowest BCUT2D eigenvalue weighted by Crippen LogP contribution is -2.59. The van der Waals surface area contributed by atoms with Crippen LogP contribution in [0.1, 0.15) is 90.6 Å². The summed E-state index contributed by atoms with van der Waals surface area (Å²) in [4.78, 5) is 62.2. The quantitative estimate of drug-likeness (QED) is 0.291. The van der Waals surface area contributed by atoms with Crippen molar-refractivity contribution in [2.24, 2.45) is 17.8 Å². The number of carbonyl (C=O) groups is 4. The number of alkyl carbamates (subject to hydrolysis) is 1. The zero-order chi connectivity index (χ0) is 44.2. The molecular formula is C40H53F2N5O9S. The van der Waals surface area contributed by atoms with Crippen LogP contribution in [0.3, 0.4) is 0 Å². The van der Waals surface area contributed by atoms with Gasteiger partial charge in [0, 0.05) is 30.0 Å². The standard InChI is InChI=1S/C40H53F2N5O9S/c1-23-12-8-9-13-25-20-40(25,35(50)46-57(52,53)38(5)16-17-38)45-32(48)29-19-26(55-33-28-15-11-10-14-27(28)30(54-7)21-43-33)22-47(29)34(49)31(24(2)18-23)44-36(51)56-37(3,4)39(6,41)42/h9-11,13-15,21,23-26,29,31H,8,12,16-20,22H2,1-7H3,(H,44,51)(H,45,48)(H,46,50)/b13-9-/t23-,24+,25+,26+,29-,31-,40+/m0/s1/i7D3. The molecule has 0 bridgehead atoms. The van der Waals surface area contributed by atoms with Gasteiger partial charge >= 0.3 is 6.09 Å². The third-order valence-corrected chi connectivity index (χ3v) is 14.2. The van der Waals surface area contributed by atoms with E-state index in [1.807, 2.05) is 13.0 Å². The molecule has 2 aliphatic carbocycles. The molecule has 312 valence electrons. The number of amides is 4. The largest absolute Gasteiger partial charge is 0.494 e. The van der Waals surface area contributed by atoms with Crippen molar-refractivity contribution in [2.45, 2.75) is 126 Å². The van der Waals surface area contributed by atoms with Crippen molar-refractivity contribution in [3.63, 3.8) is 0 Å². The Morgan fingerprint density at radius 1 is 1.11 bits per heavy atom. The summed E-state index contributed by atoms with van der Waals surface area (Å²) < 4.78 is 95.7. The number of ether oxygens (including phenoxy) is 3. The molecule has 3 fully saturated rings. The Bertz CT molecular complexity index is 2160. The molecule has 2 aliphatic heterocycles. The van der Waals surface area contributed by atoms with Gasteiger partial charge in [-0.25, -0.2) is 27.0 Å². The van der Waals surface area contributed by atoms with E-state index in [4.69, 9.17) is 18.3 Å². The van der Waals surface area contributed by atoms with Gasteiger partial charge in [0.05, 0.1) is 28.6 Å². The van der Waals surface area contributed by atoms with Crippen LogP contribution in [-0.2, 0) is 29.1 Å². The molecule has 1 saturated heterocycles. The van der Waals surface area contributed by atoms with Crippen LogP contribution in [0.5, 0.6) is 11.6 Å². The lowest BCUT2D eigenvalue weighted by atomic mass is 9.88. The van der Waals surface area contributed by atoms with Crippen molar-refractivity contribution >= 4 is 44.6 Å².